The van der Waals surface area contributed by atoms with E-state index < -0.39 is 66.9 Å². The first-order chi connectivity index (χ1) is 14.1. The van der Waals surface area contributed by atoms with E-state index in [1.807, 2.05) is 0 Å². The molecular formula is C17H28N4O8S. The highest BCUT2D eigenvalue weighted by atomic mass is 32.2. The van der Waals surface area contributed by atoms with Gasteiger partial charge in [-0.2, -0.15) is 11.8 Å². The summed E-state index contributed by atoms with van der Waals surface area (Å²) in [5.41, 5.74) is 5.44. The maximum Gasteiger partial charge on any atom is 0.326 e. The lowest BCUT2D eigenvalue weighted by Gasteiger charge is -2.28. The molecule has 0 radical (unpaired) electrons. The van der Waals surface area contributed by atoms with Gasteiger partial charge in [-0.25, -0.2) is 4.79 Å². The molecule has 0 aromatic rings. The van der Waals surface area contributed by atoms with Gasteiger partial charge >= 0.3 is 11.9 Å². The summed E-state index contributed by atoms with van der Waals surface area (Å²) in [5.74, 6) is -4.47. The van der Waals surface area contributed by atoms with Crippen LogP contribution in [0.15, 0.2) is 0 Å². The Hall–Kier alpha value is -2.38. The molecule has 0 aromatic heterocycles. The summed E-state index contributed by atoms with van der Waals surface area (Å²) in [6.07, 6.45) is 1.90. The first-order valence-corrected chi connectivity index (χ1v) is 10.7. The van der Waals surface area contributed by atoms with Gasteiger partial charge in [-0.1, -0.05) is 0 Å². The van der Waals surface area contributed by atoms with Crippen LogP contribution in [0.1, 0.15) is 25.7 Å². The number of aliphatic hydroxyl groups excluding tert-OH is 1. The fourth-order valence-electron chi connectivity index (χ4n) is 3.00. The second kappa shape index (κ2) is 12.3. The number of hydrogen-bond donors (Lipinski definition) is 6. The Labute approximate surface area is 177 Å². The topological polar surface area (TPSA) is 199 Å². The number of likely N-dealkylation sites (tertiary alicyclic amines) is 1. The molecule has 30 heavy (non-hydrogen) atoms. The Balaban J connectivity index is 2.97. The smallest absolute Gasteiger partial charge is 0.326 e. The van der Waals surface area contributed by atoms with Crippen molar-refractivity contribution in [2.45, 2.75) is 49.9 Å². The third-order valence-electron chi connectivity index (χ3n) is 4.59. The van der Waals surface area contributed by atoms with Crippen LogP contribution >= 0.6 is 11.8 Å². The fourth-order valence-corrected chi connectivity index (χ4v) is 3.47. The lowest BCUT2D eigenvalue weighted by Crippen LogP contribution is -2.58. The predicted molar refractivity (Wildman–Crippen MR) is 107 cm³/mol. The molecule has 1 aliphatic rings. The first kappa shape index (κ1) is 25.7. The van der Waals surface area contributed by atoms with Crippen molar-refractivity contribution in [3.63, 3.8) is 0 Å². The van der Waals surface area contributed by atoms with E-state index in [1.54, 1.807) is 6.26 Å². The maximum atomic E-state index is 12.8. The molecular weight excluding hydrogens is 420 g/mol. The van der Waals surface area contributed by atoms with E-state index in [-0.39, 0.29) is 19.4 Å². The summed E-state index contributed by atoms with van der Waals surface area (Å²) >= 11 is 1.40. The molecule has 13 heteroatoms. The normalized spacial score (nSPS) is 18.9. The van der Waals surface area contributed by atoms with Gasteiger partial charge in [-0.05, 0) is 31.3 Å². The molecule has 0 saturated carbocycles. The largest absolute Gasteiger partial charge is 0.481 e. The number of carbonyl (C=O) groups is 5. The van der Waals surface area contributed by atoms with Gasteiger partial charge in [-0.15, -0.1) is 0 Å². The third kappa shape index (κ3) is 7.46. The van der Waals surface area contributed by atoms with Crippen LogP contribution in [-0.2, 0) is 24.0 Å². The molecule has 0 bridgehead atoms. The molecule has 1 saturated heterocycles. The van der Waals surface area contributed by atoms with Crippen molar-refractivity contribution in [2.24, 2.45) is 5.73 Å². The number of carbonyl (C=O) groups excluding carboxylic acids is 3. The van der Waals surface area contributed by atoms with Gasteiger partial charge in [0.15, 0.2) is 0 Å². The zero-order valence-electron chi connectivity index (χ0n) is 16.6. The standard InChI is InChI=1S/C17H28N4O8S/c1-30-6-4-10(19-14(25)9(18)8-22)15(26)20-11(7-13(23)24)16(27)21-5-2-3-12(21)17(28)29/h9-12,22H,2-8,18H2,1H3,(H,19,25)(H,20,26)(H,23,24)(H,28,29)/t9-,10-,11-,12-/m0/s1. The van der Waals surface area contributed by atoms with Gasteiger partial charge in [0.1, 0.15) is 24.2 Å². The average Bonchev–Trinajstić information content (AvgIpc) is 3.18. The van der Waals surface area contributed by atoms with Crippen molar-refractivity contribution >= 4 is 41.4 Å². The van der Waals surface area contributed by atoms with E-state index in [9.17, 15) is 29.1 Å². The van der Waals surface area contributed by atoms with Gasteiger partial charge in [0.25, 0.3) is 0 Å². The van der Waals surface area contributed by atoms with Crippen molar-refractivity contribution in [1.29, 1.82) is 0 Å². The van der Waals surface area contributed by atoms with Gasteiger partial charge < -0.3 is 36.6 Å². The molecule has 0 unspecified atom stereocenters. The van der Waals surface area contributed by atoms with Gasteiger partial charge in [0.05, 0.1) is 13.0 Å². The molecule has 1 rings (SSSR count). The molecule has 1 heterocycles. The molecule has 0 spiro atoms. The Bertz CT molecular complexity index is 662. The van der Waals surface area contributed by atoms with Crippen LogP contribution in [0, 0.1) is 0 Å². The molecule has 1 fully saturated rings. The number of aliphatic carboxylic acids is 2. The van der Waals surface area contributed by atoms with Crippen molar-refractivity contribution in [2.75, 3.05) is 25.2 Å². The Morgan fingerprint density at radius 3 is 2.30 bits per heavy atom. The van der Waals surface area contributed by atoms with E-state index in [4.69, 9.17) is 15.9 Å². The Morgan fingerprint density at radius 1 is 1.13 bits per heavy atom. The lowest BCUT2D eigenvalue weighted by molar-refractivity contribution is -0.150. The minimum atomic E-state index is -1.49. The lowest BCUT2D eigenvalue weighted by atomic mass is 10.1. The second-order valence-electron chi connectivity index (χ2n) is 6.82. The predicted octanol–water partition coefficient (Wildman–Crippen LogP) is -2.42. The minimum Gasteiger partial charge on any atom is -0.481 e. The summed E-state index contributed by atoms with van der Waals surface area (Å²) in [6, 6.07) is -4.93. The highest BCUT2D eigenvalue weighted by molar-refractivity contribution is 7.98. The van der Waals surface area contributed by atoms with Crippen LogP contribution in [0.5, 0.6) is 0 Å². The average molecular weight is 448 g/mol. The number of amides is 3. The zero-order valence-corrected chi connectivity index (χ0v) is 17.4. The third-order valence-corrected chi connectivity index (χ3v) is 5.24. The van der Waals surface area contributed by atoms with E-state index in [0.717, 1.165) is 4.90 Å². The van der Waals surface area contributed by atoms with Crippen LogP contribution in [0.3, 0.4) is 0 Å². The second-order valence-corrected chi connectivity index (χ2v) is 7.80. The molecule has 3 amide bonds. The quantitative estimate of drug-likeness (QED) is 0.187. The van der Waals surface area contributed by atoms with E-state index in [1.165, 1.54) is 11.8 Å². The van der Waals surface area contributed by atoms with Gasteiger partial charge in [0, 0.05) is 6.54 Å². The number of carboxylic acid groups (broad SMARTS) is 2. The van der Waals surface area contributed by atoms with E-state index >= 15 is 0 Å². The van der Waals surface area contributed by atoms with Crippen LogP contribution < -0.4 is 16.4 Å². The monoisotopic (exact) mass is 448 g/mol. The van der Waals surface area contributed by atoms with Crippen molar-refractivity contribution in [1.82, 2.24) is 15.5 Å². The van der Waals surface area contributed by atoms with Crippen LogP contribution in [0.25, 0.3) is 0 Å². The Morgan fingerprint density at radius 2 is 1.77 bits per heavy atom. The van der Waals surface area contributed by atoms with Gasteiger partial charge in [-0.3, -0.25) is 19.2 Å². The molecule has 0 aliphatic carbocycles. The van der Waals surface area contributed by atoms with Crippen molar-refractivity contribution in [3.05, 3.63) is 0 Å². The number of nitrogens with zero attached hydrogens (tertiary/aromatic N) is 1. The summed E-state index contributed by atoms with van der Waals surface area (Å²) in [7, 11) is 0. The van der Waals surface area contributed by atoms with Crippen LogP contribution in [0.4, 0.5) is 0 Å². The summed E-state index contributed by atoms with van der Waals surface area (Å²) in [4.78, 5) is 61.1. The van der Waals surface area contributed by atoms with E-state index in [2.05, 4.69) is 10.6 Å². The zero-order chi connectivity index (χ0) is 22.8. The number of aliphatic hydroxyl groups is 1. The number of carboxylic acids is 2. The van der Waals surface area contributed by atoms with Crippen molar-refractivity contribution < 1.29 is 39.3 Å². The van der Waals surface area contributed by atoms with E-state index in [0.29, 0.717) is 12.2 Å². The molecule has 170 valence electrons. The molecule has 1 aliphatic heterocycles. The fraction of sp³-hybridized carbons (Fsp3) is 0.706. The minimum absolute atomic E-state index is 0.139. The summed E-state index contributed by atoms with van der Waals surface area (Å²) < 4.78 is 0. The van der Waals surface area contributed by atoms with Gasteiger partial charge in [0.2, 0.25) is 17.7 Å². The molecule has 0 aromatic carbocycles. The maximum absolute atomic E-state index is 12.8. The Kier molecular flexibility index (Phi) is 10.6. The molecule has 7 N–H and O–H groups in total. The number of nitrogens with two attached hydrogens (primary N) is 1. The molecule has 12 nitrogen and oxygen atoms in total. The SMILES string of the molecule is CSCC[C@H](NC(=O)[C@@H](N)CO)C(=O)N[C@@H](CC(=O)O)C(=O)N1CCC[C@H]1C(=O)O. The highest BCUT2D eigenvalue weighted by Gasteiger charge is 2.39. The van der Waals surface area contributed by atoms with Crippen LogP contribution in [-0.4, -0.2) is 99.2 Å². The molecule has 4 atom stereocenters. The number of hydrogen-bond acceptors (Lipinski definition) is 8. The van der Waals surface area contributed by atoms with Crippen molar-refractivity contribution in [3.8, 4) is 0 Å². The number of rotatable bonds is 12. The first-order valence-electron chi connectivity index (χ1n) is 9.33. The van der Waals surface area contributed by atoms with Crippen LogP contribution in [0.2, 0.25) is 0 Å². The summed E-state index contributed by atoms with van der Waals surface area (Å²) in [6.45, 7) is -0.492. The highest BCUT2D eigenvalue weighted by Crippen LogP contribution is 2.19. The summed E-state index contributed by atoms with van der Waals surface area (Å²) in [5, 5.41) is 32.1. The number of nitrogens with one attached hydrogen (secondary N) is 2. The number of thioether (sulfide) groups is 1.